The average molecular weight is 356 g/mol. The first-order valence-corrected chi connectivity index (χ1v) is 6.43. The van der Waals surface area contributed by atoms with Crippen LogP contribution in [0.2, 0.25) is 0 Å². The minimum absolute atomic E-state index is 0.161. The summed E-state index contributed by atoms with van der Waals surface area (Å²) in [5, 5.41) is 2.79. The fraction of sp³-hybridized carbons (Fsp3) is 0. The molecule has 1 N–H and O–H groups in total. The van der Waals surface area contributed by atoms with E-state index in [4.69, 9.17) is 0 Å². The summed E-state index contributed by atoms with van der Waals surface area (Å²) in [7, 11) is 0. The van der Waals surface area contributed by atoms with Crippen LogP contribution in [-0.2, 0) is 0 Å². The third-order valence-electron chi connectivity index (χ3n) is 2.09. The van der Waals surface area contributed by atoms with Gasteiger partial charge in [0.15, 0.2) is 0 Å². The molecular formula is C12H8Br2N2O. The van der Waals surface area contributed by atoms with Crippen molar-refractivity contribution in [2.75, 3.05) is 5.32 Å². The monoisotopic (exact) mass is 354 g/mol. The summed E-state index contributed by atoms with van der Waals surface area (Å²) in [5.74, 6) is -0.161. The average Bonchev–Trinajstić information content (AvgIpc) is 2.35. The molecule has 86 valence electrons. The zero-order chi connectivity index (χ0) is 12.3. The number of benzene rings is 1. The maximum atomic E-state index is 11.9. The standard InChI is InChI=1S/C12H8Br2N2O/c13-9-6-10(11(14)15-7-9)16-12(17)8-4-2-1-3-5-8/h1-7H,(H,16,17). The number of carbonyl (C=O) groups is 1. The number of pyridine rings is 1. The van der Waals surface area contributed by atoms with Gasteiger partial charge < -0.3 is 5.32 Å². The van der Waals surface area contributed by atoms with E-state index in [9.17, 15) is 4.79 Å². The van der Waals surface area contributed by atoms with Crippen molar-refractivity contribution in [3.05, 3.63) is 57.2 Å². The Bertz CT molecular complexity index is 543. The van der Waals surface area contributed by atoms with Gasteiger partial charge in [0.1, 0.15) is 4.60 Å². The lowest BCUT2D eigenvalue weighted by atomic mass is 10.2. The van der Waals surface area contributed by atoms with Crippen molar-refractivity contribution in [2.24, 2.45) is 0 Å². The van der Waals surface area contributed by atoms with Gasteiger partial charge in [-0.3, -0.25) is 4.79 Å². The van der Waals surface area contributed by atoms with Crippen LogP contribution in [0, 0.1) is 0 Å². The zero-order valence-electron chi connectivity index (χ0n) is 8.65. The van der Waals surface area contributed by atoms with Gasteiger partial charge in [0.2, 0.25) is 0 Å². The van der Waals surface area contributed by atoms with Gasteiger partial charge in [-0.15, -0.1) is 0 Å². The minimum atomic E-state index is -0.161. The molecule has 0 saturated carbocycles. The number of carbonyl (C=O) groups excluding carboxylic acids is 1. The summed E-state index contributed by atoms with van der Waals surface area (Å²) in [4.78, 5) is 16.0. The molecule has 1 aromatic carbocycles. The molecule has 0 unspecified atom stereocenters. The fourth-order valence-corrected chi connectivity index (χ4v) is 1.94. The molecule has 0 aliphatic rings. The van der Waals surface area contributed by atoms with Gasteiger partial charge in [-0.1, -0.05) is 18.2 Å². The van der Waals surface area contributed by atoms with Crippen LogP contribution in [0.15, 0.2) is 51.7 Å². The highest BCUT2D eigenvalue weighted by molar-refractivity contribution is 9.11. The van der Waals surface area contributed by atoms with Crippen molar-refractivity contribution < 1.29 is 4.79 Å². The van der Waals surface area contributed by atoms with E-state index in [0.29, 0.717) is 15.9 Å². The quantitative estimate of drug-likeness (QED) is 0.831. The predicted molar refractivity (Wildman–Crippen MR) is 74.0 cm³/mol. The van der Waals surface area contributed by atoms with Crippen LogP contribution in [0.5, 0.6) is 0 Å². The van der Waals surface area contributed by atoms with Crippen molar-refractivity contribution in [2.45, 2.75) is 0 Å². The Kier molecular flexibility index (Phi) is 3.91. The summed E-state index contributed by atoms with van der Waals surface area (Å²) in [6.45, 7) is 0. The second-order valence-corrected chi connectivity index (χ2v) is 4.98. The number of anilines is 1. The Balaban J connectivity index is 2.22. The van der Waals surface area contributed by atoms with Crippen LogP contribution in [0.1, 0.15) is 10.4 Å². The van der Waals surface area contributed by atoms with Crippen molar-refractivity contribution >= 4 is 43.5 Å². The van der Waals surface area contributed by atoms with E-state index in [2.05, 4.69) is 42.2 Å². The molecule has 3 nitrogen and oxygen atoms in total. The first-order chi connectivity index (χ1) is 8.16. The molecule has 2 rings (SSSR count). The van der Waals surface area contributed by atoms with E-state index >= 15 is 0 Å². The molecule has 0 atom stereocenters. The molecular weight excluding hydrogens is 348 g/mol. The number of rotatable bonds is 2. The smallest absolute Gasteiger partial charge is 0.255 e. The van der Waals surface area contributed by atoms with Gasteiger partial charge in [-0.05, 0) is 50.1 Å². The predicted octanol–water partition coefficient (Wildman–Crippen LogP) is 3.86. The molecule has 2 aromatic rings. The van der Waals surface area contributed by atoms with Crippen molar-refractivity contribution in [3.8, 4) is 0 Å². The fourth-order valence-electron chi connectivity index (χ4n) is 1.29. The molecule has 0 spiro atoms. The Morgan fingerprint density at radius 3 is 2.59 bits per heavy atom. The first kappa shape index (κ1) is 12.3. The molecule has 0 bridgehead atoms. The van der Waals surface area contributed by atoms with Crippen LogP contribution < -0.4 is 5.32 Å². The second kappa shape index (κ2) is 5.42. The maximum Gasteiger partial charge on any atom is 0.255 e. The van der Waals surface area contributed by atoms with Gasteiger partial charge in [0, 0.05) is 16.2 Å². The highest BCUT2D eigenvalue weighted by Crippen LogP contribution is 2.23. The van der Waals surface area contributed by atoms with Gasteiger partial charge >= 0.3 is 0 Å². The van der Waals surface area contributed by atoms with Crippen LogP contribution in [-0.4, -0.2) is 10.9 Å². The second-order valence-electron chi connectivity index (χ2n) is 3.31. The number of nitrogens with one attached hydrogen (secondary N) is 1. The molecule has 0 saturated heterocycles. The number of aromatic nitrogens is 1. The largest absolute Gasteiger partial charge is 0.320 e. The summed E-state index contributed by atoms with van der Waals surface area (Å²) in [5.41, 5.74) is 1.24. The SMILES string of the molecule is O=C(Nc1cc(Br)cnc1Br)c1ccccc1. The summed E-state index contributed by atoms with van der Waals surface area (Å²) >= 11 is 6.59. The lowest BCUT2D eigenvalue weighted by Crippen LogP contribution is -2.12. The Hall–Kier alpha value is -1.20. The van der Waals surface area contributed by atoms with E-state index in [1.165, 1.54) is 0 Å². The van der Waals surface area contributed by atoms with Crippen LogP contribution in [0.3, 0.4) is 0 Å². The maximum absolute atomic E-state index is 11.9. The number of amides is 1. The lowest BCUT2D eigenvalue weighted by molar-refractivity contribution is 0.102. The third-order valence-corrected chi connectivity index (χ3v) is 3.16. The highest BCUT2D eigenvalue weighted by Gasteiger charge is 2.08. The topological polar surface area (TPSA) is 42.0 Å². The summed E-state index contributed by atoms with van der Waals surface area (Å²) < 4.78 is 1.41. The lowest BCUT2D eigenvalue weighted by Gasteiger charge is -2.07. The van der Waals surface area contributed by atoms with Crippen LogP contribution in [0.4, 0.5) is 5.69 Å². The van der Waals surface area contributed by atoms with Crippen molar-refractivity contribution in [1.29, 1.82) is 0 Å². The zero-order valence-corrected chi connectivity index (χ0v) is 11.8. The summed E-state index contributed by atoms with van der Waals surface area (Å²) in [6, 6.07) is 10.8. The molecule has 0 aliphatic carbocycles. The van der Waals surface area contributed by atoms with E-state index in [-0.39, 0.29) is 5.91 Å². The van der Waals surface area contributed by atoms with E-state index in [1.54, 1.807) is 24.4 Å². The van der Waals surface area contributed by atoms with E-state index in [1.807, 2.05) is 18.2 Å². The Morgan fingerprint density at radius 1 is 1.18 bits per heavy atom. The van der Waals surface area contributed by atoms with Crippen molar-refractivity contribution in [1.82, 2.24) is 4.98 Å². The van der Waals surface area contributed by atoms with Crippen LogP contribution in [0.25, 0.3) is 0 Å². The number of hydrogen-bond acceptors (Lipinski definition) is 2. The van der Waals surface area contributed by atoms with Gasteiger partial charge in [-0.25, -0.2) is 4.98 Å². The molecule has 5 heteroatoms. The summed E-state index contributed by atoms with van der Waals surface area (Å²) in [6.07, 6.45) is 1.66. The first-order valence-electron chi connectivity index (χ1n) is 4.84. The van der Waals surface area contributed by atoms with Crippen LogP contribution >= 0.6 is 31.9 Å². The number of halogens is 2. The molecule has 17 heavy (non-hydrogen) atoms. The van der Waals surface area contributed by atoms with Gasteiger partial charge in [0.05, 0.1) is 5.69 Å². The molecule has 1 amide bonds. The van der Waals surface area contributed by atoms with E-state index < -0.39 is 0 Å². The van der Waals surface area contributed by atoms with Gasteiger partial charge in [0.25, 0.3) is 5.91 Å². The Morgan fingerprint density at radius 2 is 1.88 bits per heavy atom. The van der Waals surface area contributed by atoms with Gasteiger partial charge in [-0.2, -0.15) is 0 Å². The molecule has 1 heterocycles. The highest BCUT2D eigenvalue weighted by atomic mass is 79.9. The minimum Gasteiger partial charge on any atom is -0.320 e. The Labute approximate surface area is 116 Å². The number of nitrogens with zero attached hydrogens (tertiary/aromatic N) is 1. The van der Waals surface area contributed by atoms with E-state index in [0.717, 1.165) is 4.47 Å². The number of hydrogen-bond donors (Lipinski definition) is 1. The molecule has 0 aliphatic heterocycles. The molecule has 0 radical (unpaired) electrons. The van der Waals surface area contributed by atoms with Crippen molar-refractivity contribution in [3.63, 3.8) is 0 Å². The normalized spacial score (nSPS) is 10.0. The third kappa shape index (κ3) is 3.14. The molecule has 0 fully saturated rings. The molecule has 1 aromatic heterocycles.